The molecule has 2 aromatic rings. The van der Waals surface area contributed by atoms with Gasteiger partial charge in [0.2, 0.25) is 5.91 Å². The molecule has 1 saturated carbocycles. The third kappa shape index (κ3) is 2.19. The van der Waals surface area contributed by atoms with Gasteiger partial charge in [-0.3, -0.25) is 9.48 Å². The van der Waals surface area contributed by atoms with E-state index in [1.54, 1.807) is 32.2 Å². The van der Waals surface area contributed by atoms with Crippen molar-refractivity contribution in [3.05, 3.63) is 30.1 Å². The lowest BCUT2D eigenvalue weighted by molar-refractivity contribution is -0.117. The minimum Gasteiger partial charge on any atom is -0.321 e. The lowest BCUT2D eigenvalue weighted by Crippen LogP contribution is -2.50. The minimum atomic E-state index is -3.96. The van der Waals surface area contributed by atoms with Crippen LogP contribution in [0.2, 0.25) is 0 Å². The van der Waals surface area contributed by atoms with Crippen molar-refractivity contribution in [2.24, 2.45) is 7.05 Å². The van der Waals surface area contributed by atoms with Gasteiger partial charge >= 0.3 is 0 Å². The lowest BCUT2D eigenvalue weighted by Gasteiger charge is -2.33. The Morgan fingerprint density at radius 3 is 2.79 bits per heavy atom. The van der Waals surface area contributed by atoms with E-state index in [9.17, 15) is 13.2 Å². The SMILES string of the molecule is CC1C(=O)Nc2cccnc2N1S(=O)(=O)c1cc(C2CC2)nn1C. The van der Waals surface area contributed by atoms with E-state index in [-0.39, 0.29) is 16.8 Å². The summed E-state index contributed by atoms with van der Waals surface area (Å²) >= 11 is 0. The van der Waals surface area contributed by atoms with Crippen LogP contribution in [0.3, 0.4) is 0 Å². The number of carbonyl (C=O) groups excluding carboxylic acids is 1. The number of hydrogen-bond donors (Lipinski definition) is 1. The molecule has 1 unspecified atom stereocenters. The van der Waals surface area contributed by atoms with Crippen LogP contribution in [0, 0.1) is 0 Å². The number of sulfonamides is 1. The van der Waals surface area contributed by atoms with Crippen molar-refractivity contribution in [1.29, 1.82) is 0 Å². The second-order valence-corrected chi connectivity index (χ2v) is 7.91. The maximum absolute atomic E-state index is 13.2. The molecule has 0 radical (unpaired) electrons. The molecule has 1 aliphatic heterocycles. The second kappa shape index (κ2) is 5.04. The van der Waals surface area contributed by atoms with Gasteiger partial charge < -0.3 is 5.32 Å². The van der Waals surface area contributed by atoms with Crippen molar-refractivity contribution in [2.45, 2.75) is 36.8 Å². The summed E-state index contributed by atoms with van der Waals surface area (Å²) in [5, 5.41) is 7.08. The summed E-state index contributed by atoms with van der Waals surface area (Å²) in [4.78, 5) is 16.3. The van der Waals surface area contributed by atoms with E-state index in [2.05, 4.69) is 15.4 Å². The Morgan fingerprint density at radius 2 is 2.08 bits per heavy atom. The molecule has 126 valence electrons. The van der Waals surface area contributed by atoms with Crippen LogP contribution >= 0.6 is 0 Å². The van der Waals surface area contributed by atoms with Crippen LogP contribution in [0.5, 0.6) is 0 Å². The van der Waals surface area contributed by atoms with Gasteiger partial charge in [0.1, 0.15) is 6.04 Å². The summed E-state index contributed by atoms with van der Waals surface area (Å²) in [6, 6.07) is 3.99. The zero-order valence-corrected chi connectivity index (χ0v) is 14.1. The quantitative estimate of drug-likeness (QED) is 0.900. The molecule has 4 rings (SSSR count). The van der Waals surface area contributed by atoms with Crippen molar-refractivity contribution in [2.75, 3.05) is 9.62 Å². The van der Waals surface area contributed by atoms with Crippen LogP contribution in [-0.4, -0.2) is 35.1 Å². The molecule has 2 aromatic heterocycles. The molecular formula is C15H17N5O3S. The Hall–Kier alpha value is -2.42. The number of hydrogen-bond acceptors (Lipinski definition) is 5. The van der Waals surface area contributed by atoms with E-state index in [4.69, 9.17) is 0 Å². The van der Waals surface area contributed by atoms with Crippen LogP contribution in [0.1, 0.15) is 31.4 Å². The van der Waals surface area contributed by atoms with Crippen LogP contribution in [0.25, 0.3) is 0 Å². The van der Waals surface area contributed by atoms with Crippen LogP contribution in [0.4, 0.5) is 11.5 Å². The third-order valence-electron chi connectivity index (χ3n) is 4.36. The maximum Gasteiger partial charge on any atom is 0.283 e. The topological polar surface area (TPSA) is 97.2 Å². The molecule has 0 bridgehead atoms. The summed E-state index contributed by atoms with van der Waals surface area (Å²) in [5.74, 6) is 0.176. The summed E-state index contributed by atoms with van der Waals surface area (Å²) in [5.41, 5.74) is 1.17. The van der Waals surface area contributed by atoms with E-state index in [0.29, 0.717) is 11.6 Å². The molecule has 1 atom stereocenters. The Kier molecular flexibility index (Phi) is 3.17. The zero-order chi connectivity index (χ0) is 17.1. The molecule has 0 saturated heterocycles. The molecular weight excluding hydrogens is 330 g/mol. The number of aryl methyl sites for hydroxylation is 1. The number of carbonyl (C=O) groups is 1. The van der Waals surface area contributed by atoms with E-state index in [0.717, 1.165) is 22.8 Å². The lowest BCUT2D eigenvalue weighted by atomic mass is 10.2. The Labute approximate surface area is 139 Å². The highest BCUT2D eigenvalue weighted by Gasteiger charge is 2.41. The molecule has 24 heavy (non-hydrogen) atoms. The van der Waals surface area contributed by atoms with Crippen molar-refractivity contribution in [3.8, 4) is 0 Å². The average Bonchev–Trinajstić information content (AvgIpc) is 3.30. The highest BCUT2D eigenvalue weighted by molar-refractivity contribution is 7.92. The van der Waals surface area contributed by atoms with Crippen LogP contribution in [0.15, 0.2) is 29.4 Å². The first-order valence-electron chi connectivity index (χ1n) is 7.74. The van der Waals surface area contributed by atoms with E-state index in [1.807, 2.05) is 0 Å². The Balaban J connectivity index is 1.85. The van der Waals surface area contributed by atoms with Crippen LogP contribution < -0.4 is 9.62 Å². The average molecular weight is 347 g/mol. The molecule has 9 heteroatoms. The monoisotopic (exact) mass is 347 g/mol. The number of anilines is 2. The van der Waals surface area contributed by atoms with E-state index < -0.39 is 16.1 Å². The highest BCUT2D eigenvalue weighted by atomic mass is 32.2. The molecule has 1 fully saturated rings. The predicted octanol–water partition coefficient (Wildman–Crippen LogP) is 1.23. The van der Waals surface area contributed by atoms with Gasteiger partial charge in [0, 0.05) is 25.2 Å². The van der Waals surface area contributed by atoms with Gasteiger partial charge in [-0.25, -0.2) is 9.29 Å². The normalized spacial score (nSPS) is 20.7. The first-order valence-corrected chi connectivity index (χ1v) is 9.18. The smallest absolute Gasteiger partial charge is 0.283 e. The van der Waals surface area contributed by atoms with Gasteiger partial charge in [-0.2, -0.15) is 13.5 Å². The molecule has 1 aliphatic carbocycles. The number of aromatic nitrogens is 3. The Bertz CT molecular complexity index is 932. The highest BCUT2D eigenvalue weighted by Crippen LogP contribution is 2.41. The van der Waals surface area contributed by atoms with Gasteiger partial charge in [0.05, 0.1) is 11.4 Å². The van der Waals surface area contributed by atoms with Gasteiger partial charge in [0.15, 0.2) is 10.8 Å². The summed E-state index contributed by atoms with van der Waals surface area (Å²) < 4.78 is 28.9. The fourth-order valence-corrected chi connectivity index (χ4v) is 4.64. The molecule has 2 aliphatic rings. The van der Waals surface area contributed by atoms with E-state index in [1.165, 1.54) is 10.9 Å². The van der Waals surface area contributed by atoms with Crippen molar-refractivity contribution < 1.29 is 13.2 Å². The van der Waals surface area contributed by atoms with Gasteiger partial charge in [-0.1, -0.05) is 0 Å². The summed E-state index contributed by atoms with van der Waals surface area (Å²) in [6.07, 6.45) is 3.57. The molecule has 3 heterocycles. The number of fused-ring (bicyclic) bond motifs is 1. The second-order valence-electron chi connectivity index (χ2n) is 6.15. The fraction of sp³-hybridized carbons (Fsp3) is 0.400. The van der Waals surface area contributed by atoms with Crippen molar-refractivity contribution in [3.63, 3.8) is 0 Å². The molecule has 8 nitrogen and oxygen atoms in total. The number of rotatable bonds is 3. The molecule has 1 amide bonds. The maximum atomic E-state index is 13.2. The number of pyridine rings is 1. The third-order valence-corrected chi connectivity index (χ3v) is 6.28. The fourth-order valence-electron chi connectivity index (χ4n) is 2.91. The first-order chi connectivity index (χ1) is 11.4. The molecule has 0 spiro atoms. The van der Waals surface area contributed by atoms with E-state index >= 15 is 0 Å². The molecule has 1 N–H and O–H groups in total. The summed E-state index contributed by atoms with van der Waals surface area (Å²) in [6.45, 7) is 1.54. The number of amides is 1. The Morgan fingerprint density at radius 1 is 1.33 bits per heavy atom. The summed E-state index contributed by atoms with van der Waals surface area (Å²) in [7, 11) is -2.36. The number of nitrogens with zero attached hydrogens (tertiary/aromatic N) is 4. The minimum absolute atomic E-state index is 0.0718. The first kappa shape index (κ1) is 15.1. The van der Waals surface area contributed by atoms with Gasteiger partial charge in [-0.15, -0.1) is 0 Å². The largest absolute Gasteiger partial charge is 0.321 e. The molecule has 0 aromatic carbocycles. The van der Waals surface area contributed by atoms with Crippen LogP contribution in [-0.2, 0) is 21.9 Å². The van der Waals surface area contributed by atoms with Gasteiger partial charge in [0.25, 0.3) is 10.0 Å². The van der Waals surface area contributed by atoms with Crippen molar-refractivity contribution in [1.82, 2.24) is 14.8 Å². The predicted molar refractivity (Wildman–Crippen MR) is 87.2 cm³/mol. The number of nitrogens with one attached hydrogen (secondary N) is 1. The standard InChI is InChI=1S/C15H17N5O3S/c1-9-15(21)17-11-4-3-7-16-14(11)20(9)24(22,23)13-8-12(10-5-6-10)18-19(13)2/h3-4,7-10H,5-6H2,1-2H3,(H,17,21). The zero-order valence-electron chi connectivity index (χ0n) is 13.3. The van der Waals surface area contributed by atoms with Crippen molar-refractivity contribution >= 4 is 27.4 Å². The van der Waals surface area contributed by atoms with Gasteiger partial charge in [-0.05, 0) is 31.9 Å².